The summed E-state index contributed by atoms with van der Waals surface area (Å²) in [7, 11) is 0. The molecule has 2 heterocycles. The fourth-order valence-electron chi connectivity index (χ4n) is 6.08. The lowest BCUT2D eigenvalue weighted by Crippen LogP contribution is -3.00. The summed E-state index contributed by atoms with van der Waals surface area (Å²) in [6.07, 6.45) is 9.10. The molecule has 0 N–H and O–H groups in total. The number of nitrogens with zero attached hydrogens (tertiary/aromatic N) is 3. The number of allylic oxidation sites excluding steroid dienone is 2. The Labute approximate surface area is 223 Å². The number of rotatable bonds is 4. The zero-order chi connectivity index (χ0) is 22.7. The molecular weight excluding hydrogens is 529 g/mol. The first kappa shape index (κ1) is 25.4. The number of piperidine rings is 1. The van der Waals surface area contributed by atoms with Gasteiger partial charge in [-0.25, -0.2) is 4.58 Å². The van der Waals surface area contributed by atoms with Crippen molar-refractivity contribution in [2.75, 3.05) is 39.3 Å². The lowest BCUT2D eigenvalue weighted by molar-refractivity contribution is -0.538. The number of piperazine rings is 1. The molecule has 2 saturated heterocycles. The molecular formula is C30H40IN3. The lowest BCUT2D eigenvalue weighted by atomic mass is 9.77. The zero-order valence-electron chi connectivity index (χ0n) is 20.9. The molecule has 2 aliphatic heterocycles. The first-order valence-corrected chi connectivity index (χ1v) is 13.0. The van der Waals surface area contributed by atoms with Gasteiger partial charge in [-0.15, -0.1) is 0 Å². The molecule has 0 spiro atoms. The van der Waals surface area contributed by atoms with E-state index in [1.54, 1.807) is 11.4 Å². The summed E-state index contributed by atoms with van der Waals surface area (Å²) in [6.45, 7) is 11.9. The van der Waals surface area contributed by atoms with Gasteiger partial charge >= 0.3 is 0 Å². The van der Waals surface area contributed by atoms with Crippen molar-refractivity contribution >= 4 is 5.71 Å². The van der Waals surface area contributed by atoms with Crippen LogP contribution in [0.5, 0.6) is 0 Å². The van der Waals surface area contributed by atoms with Gasteiger partial charge in [-0.2, -0.15) is 0 Å². The van der Waals surface area contributed by atoms with Crippen molar-refractivity contribution in [2.24, 2.45) is 5.41 Å². The van der Waals surface area contributed by atoms with E-state index >= 15 is 0 Å². The quantitative estimate of drug-likeness (QED) is 0.414. The van der Waals surface area contributed by atoms with E-state index in [1.165, 1.54) is 56.3 Å². The third-order valence-electron chi connectivity index (χ3n) is 7.73. The first-order valence-electron chi connectivity index (χ1n) is 13.0. The Morgan fingerprint density at radius 1 is 0.735 bits per heavy atom. The summed E-state index contributed by atoms with van der Waals surface area (Å²) in [4.78, 5) is 5.37. The molecule has 3 nitrogen and oxygen atoms in total. The third kappa shape index (κ3) is 5.93. The molecule has 182 valence electrons. The summed E-state index contributed by atoms with van der Waals surface area (Å²) in [6, 6.07) is 22.4. The highest BCUT2D eigenvalue weighted by Crippen LogP contribution is 2.37. The van der Waals surface area contributed by atoms with Crippen molar-refractivity contribution in [1.29, 1.82) is 0 Å². The normalized spacial score (nSPS) is 21.3. The van der Waals surface area contributed by atoms with E-state index in [1.807, 2.05) is 0 Å². The van der Waals surface area contributed by atoms with E-state index in [4.69, 9.17) is 0 Å². The third-order valence-corrected chi connectivity index (χ3v) is 7.73. The Bertz CT molecular complexity index is 941. The number of benzene rings is 2. The smallest absolute Gasteiger partial charge is 0.178 e. The molecule has 0 bridgehead atoms. The van der Waals surface area contributed by atoms with Gasteiger partial charge in [-0.1, -0.05) is 74.5 Å². The van der Waals surface area contributed by atoms with Crippen LogP contribution in [0.25, 0.3) is 0 Å². The van der Waals surface area contributed by atoms with Gasteiger partial charge in [0.05, 0.1) is 6.04 Å². The van der Waals surface area contributed by atoms with Crippen LogP contribution in [0, 0.1) is 5.41 Å². The van der Waals surface area contributed by atoms with Crippen LogP contribution in [0.1, 0.15) is 63.1 Å². The molecule has 0 unspecified atom stereocenters. The van der Waals surface area contributed by atoms with Gasteiger partial charge in [0.2, 0.25) is 0 Å². The maximum atomic E-state index is 2.69. The molecule has 0 radical (unpaired) electrons. The molecule has 2 aromatic rings. The van der Waals surface area contributed by atoms with Crippen molar-refractivity contribution in [1.82, 2.24) is 9.80 Å². The van der Waals surface area contributed by atoms with Crippen LogP contribution < -0.4 is 24.0 Å². The van der Waals surface area contributed by atoms with Gasteiger partial charge < -0.3 is 28.9 Å². The lowest BCUT2D eigenvalue weighted by Gasteiger charge is -2.43. The highest BCUT2D eigenvalue weighted by atomic mass is 127. The molecule has 5 rings (SSSR count). The fourth-order valence-corrected chi connectivity index (χ4v) is 6.08. The fraction of sp³-hybridized carbons (Fsp3) is 0.500. The largest absolute Gasteiger partial charge is 1.00 e. The van der Waals surface area contributed by atoms with Gasteiger partial charge in [0.25, 0.3) is 0 Å². The van der Waals surface area contributed by atoms with E-state index in [2.05, 4.69) is 95.0 Å². The Morgan fingerprint density at radius 3 is 1.85 bits per heavy atom. The second-order valence-corrected chi connectivity index (χ2v) is 10.9. The van der Waals surface area contributed by atoms with Gasteiger partial charge in [0.15, 0.2) is 5.71 Å². The number of hydrogen-bond acceptors (Lipinski definition) is 2. The molecule has 3 aliphatic rings. The minimum Gasteiger partial charge on any atom is -1.00 e. The van der Waals surface area contributed by atoms with E-state index in [9.17, 15) is 0 Å². The van der Waals surface area contributed by atoms with Crippen molar-refractivity contribution in [3.05, 3.63) is 83.6 Å². The van der Waals surface area contributed by atoms with Crippen molar-refractivity contribution in [3.63, 3.8) is 0 Å². The maximum Gasteiger partial charge on any atom is 0.178 e. The zero-order valence-corrected chi connectivity index (χ0v) is 23.1. The van der Waals surface area contributed by atoms with Gasteiger partial charge in [0.1, 0.15) is 13.1 Å². The average Bonchev–Trinajstić information content (AvgIpc) is 2.86. The highest BCUT2D eigenvalue weighted by molar-refractivity contribution is 5.92. The summed E-state index contributed by atoms with van der Waals surface area (Å²) in [5.41, 5.74) is 6.31. The second kappa shape index (κ2) is 11.4. The van der Waals surface area contributed by atoms with Crippen LogP contribution in [0.2, 0.25) is 0 Å². The molecule has 34 heavy (non-hydrogen) atoms. The van der Waals surface area contributed by atoms with Gasteiger partial charge in [0, 0.05) is 57.2 Å². The van der Waals surface area contributed by atoms with Crippen LogP contribution in [0.15, 0.2) is 72.4 Å². The number of halogens is 1. The maximum absolute atomic E-state index is 2.69. The summed E-state index contributed by atoms with van der Waals surface area (Å²) < 4.78 is 2.68. The summed E-state index contributed by atoms with van der Waals surface area (Å²) >= 11 is 0. The Morgan fingerprint density at radius 2 is 1.29 bits per heavy atom. The molecule has 2 fully saturated rings. The summed E-state index contributed by atoms with van der Waals surface area (Å²) in [5, 5.41) is 0. The number of hydrogen-bond donors (Lipinski definition) is 0. The minimum atomic E-state index is 0. The average molecular weight is 570 g/mol. The minimum absolute atomic E-state index is 0. The topological polar surface area (TPSA) is 9.49 Å². The SMILES string of the molecule is CC1(C)CC(N2CCN(C(c3ccccc3)c3ccccc3)CC2)=CC(=[N+]2CCCCC2)C1.[I-]. The Balaban J connectivity index is 0.00000274. The highest BCUT2D eigenvalue weighted by Gasteiger charge is 2.35. The predicted molar refractivity (Wildman–Crippen MR) is 138 cm³/mol. The Hall–Kier alpha value is -1.66. The molecule has 0 atom stereocenters. The van der Waals surface area contributed by atoms with Crippen LogP contribution in [-0.4, -0.2) is 59.4 Å². The van der Waals surface area contributed by atoms with Crippen LogP contribution >= 0.6 is 0 Å². The molecule has 1 aliphatic carbocycles. The standard InChI is InChI=1S/C30H40N3.HI/c1-30(2)23-27(31-16-10-5-11-17-31)22-28(24-30)32-18-20-33(21-19-32)29(25-12-6-3-7-13-25)26-14-8-4-9-15-26;/h3-4,6-9,12-15,22,29H,5,10-11,16-21,23-24H2,1-2H3;1H/q+1;/p-1. The van der Waals surface area contributed by atoms with Crippen LogP contribution in [0.4, 0.5) is 0 Å². The van der Waals surface area contributed by atoms with E-state index < -0.39 is 0 Å². The van der Waals surface area contributed by atoms with E-state index in [-0.39, 0.29) is 24.0 Å². The van der Waals surface area contributed by atoms with Crippen molar-refractivity contribution in [2.45, 2.75) is 52.0 Å². The van der Waals surface area contributed by atoms with E-state index in [0.717, 1.165) is 26.2 Å². The molecule has 4 heteroatoms. The van der Waals surface area contributed by atoms with E-state index in [0.29, 0.717) is 11.5 Å². The van der Waals surface area contributed by atoms with Gasteiger partial charge in [-0.3, -0.25) is 4.90 Å². The first-order chi connectivity index (χ1) is 16.1. The van der Waals surface area contributed by atoms with Crippen molar-refractivity contribution < 1.29 is 28.6 Å². The molecule has 2 aromatic carbocycles. The van der Waals surface area contributed by atoms with Crippen molar-refractivity contribution in [3.8, 4) is 0 Å². The predicted octanol–water partition coefficient (Wildman–Crippen LogP) is 2.74. The monoisotopic (exact) mass is 569 g/mol. The second-order valence-electron chi connectivity index (χ2n) is 10.9. The van der Waals surface area contributed by atoms with Gasteiger partial charge in [-0.05, 0) is 29.4 Å². The summed E-state index contributed by atoms with van der Waals surface area (Å²) in [5.74, 6) is 0. The Kier molecular flexibility index (Phi) is 8.52. The molecule has 0 amide bonds. The van der Waals surface area contributed by atoms with Crippen LogP contribution in [-0.2, 0) is 0 Å². The van der Waals surface area contributed by atoms with Crippen LogP contribution in [0.3, 0.4) is 0 Å². The molecule has 0 aromatic heterocycles. The molecule has 0 saturated carbocycles.